The van der Waals surface area contributed by atoms with E-state index in [1.54, 1.807) is 19.4 Å². The molecule has 3 aromatic rings. The Bertz CT molecular complexity index is 858. The van der Waals surface area contributed by atoms with Crippen molar-refractivity contribution in [3.05, 3.63) is 52.9 Å². The summed E-state index contributed by atoms with van der Waals surface area (Å²) in [5.41, 5.74) is 2.02. The van der Waals surface area contributed by atoms with Gasteiger partial charge in [0, 0.05) is 24.8 Å². The van der Waals surface area contributed by atoms with E-state index in [-0.39, 0.29) is 5.91 Å². The predicted octanol–water partition coefficient (Wildman–Crippen LogP) is 2.86. The van der Waals surface area contributed by atoms with Gasteiger partial charge in [0.15, 0.2) is 0 Å². The fourth-order valence-corrected chi connectivity index (χ4v) is 2.70. The van der Waals surface area contributed by atoms with E-state index in [1.165, 1.54) is 0 Å². The van der Waals surface area contributed by atoms with E-state index < -0.39 is 0 Å². The quantitative estimate of drug-likeness (QED) is 0.593. The standard InChI is InChI=1S/C17H18BrN5O2/c1-25-14-5-2-4-12(8-14)15-9-16(22-21-15)17(24)19-6-3-7-23-11-13(18)10-20-23/h2,4-5,8-11H,3,6-7H2,1H3,(H,19,24)(H,21,22). The Balaban J connectivity index is 1.53. The molecule has 130 valence electrons. The molecule has 0 aliphatic carbocycles. The van der Waals surface area contributed by atoms with Gasteiger partial charge in [-0.3, -0.25) is 14.6 Å². The maximum atomic E-state index is 12.2. The summed E-state index contributed by atoms with van der Waals surface area (Å²) < 4.78 is 7.98. The third-order valence-corrected chi connectivity index (χ3v) is 4.05. The van der Waals surface area contributed by atoms with E-state index in [1.807, 2.05) is 35.1 Å². The minimum absolute atomic E-state index is 0.178. The number of nitrogens with one attached hydrogen (secondary N) is 2. The SMILES string of the molecule is COc1cccc(-c2cc(C(=O)NCCCn3cc(Br)cn3)[nH]n2)c1. The number of hydrogen-bond donors (Lipinski definition) is 2. The van der Waals surface area contributed by atoms with Gasteiger partial charge < -0.3 is 10.1 Å². The van der Waals surface area contributed by atoms with Crippen LogP contribution in [0.3, 0.4) is 0 Å². The van der Waals surface area contributed by atoms with Gasteiger partial charge in [-0.2, -0.15) is 10.2 Å². The third-order valence-electron chi connectivity index (χ3n) is 3.64. The van der Waals surface area contributed by atoms with Crippen LogP contribution >= 0.6 is 15.9 Å². The lowest BCUT2D eigenvalue weighted by atomic mass is 10.1. The molecule has 2 N–H and O–H groups in total. The summed E-state index contributed by atoms with van der Waals surface area (Å²) in [5, 5.41) is 14.0. The Hall–Kier alpha value is -2.61. The van der Waals surface area contributed by atoms with Crippen LogP contribution in [0.5, 0.6) is 5.75 Å². The van der Waals surface area contributed by atoms with Gasteiger partial charge in [-0.15, -0.1) is 0 Å². The summed E-state index contributed by atoms with van der Waals surface area (Å²) in [7, 11) is 1.62. The highest BCUT2D eigenvalue weighted by Crippen LogP contribution is 2.22. The molecule has 0 atom stereocenters. The van der Waals surface area contributed by atoms with E-state index in [4.69, 9.17) is 4.74 Å². The molecule has 0 aliphatic rings. The Morgan fingerprint density at radius 1 is 1.40 bits per heavy atom. The first-order valence-electron chi connectivity index (χ1n) is 7.81. The molecule has 0 saturated carbocycles. The number of aromatic amines is 1. The van der Waals surface area contributed by atoms with E-state index in [9.17, 15) is 4.79 Å². The lowest BCUT2D eigenvalue weighted by molar-refractivity contribution is 0.0947. The zero-order chi connectivity index (χ0) is 17.6. The topological polar surface area (TPSA) is 84.8 Å². The number of rotatable bonds is 7. The van der Waals surface area contributed by atoms with Crippen molar-refractivity contribution in [2.75, 3.05) is 13.7 Å². The summed E-state index contributed by atoms with van der Waals surface area (Å²) in [5.74, 6) is 0.569. The normalized spacial score (nSPS) is 10.6. The Labute approximate surface area is 153 Å². The summed E-state index contributed by atoms with van der Waals surface area (Å²) >= 11 is 3.35. The average molecular weight is 404 g/mol. The van der Waals surface area contributed by atoms with Gasteiger partial charge in [0.1, 0.15) is 11.4 Å². The molecular formula is C17H18BrN5O2. The van der Waals surface area contributed by atoms with Crippen LogP contribution in [-0.4, -0.2) is 39.5 Å². The van der Waals surface area contributed by atoms with Crippen LogP contribution in [0.4, 0.5) is 0 Å². The number of carbonyl (C=O) groups is 1. The molecule has 7 nitrogen and oxygen atoms in total. The first kappa shape index (κ1) is 17.2. The maximum absolute atomic E-state index is 12.2. The molecule has 0 radical (unpaired) electrons. The fourth-order valence-electron chi connectivity index (χ4n) is 2.37. The predicted molar refractivity (Wildman–Crippen MR) is 97.5 cm³/mol. The number of aromatic nitrogens is 4. The molecule has 0 unspecified atom stereocenters. The van der Waals surface area contributed by atoms with Crippen LogP contribution in [0.2, 0.25) is 0 Å². The fraction of sp³-hybridized carbons (Fsp3) is 0.235. The second-order valence-electron chi connectivity index (χ2n) is 5.43. The number of methoxy groups -OCH3 is 1. The lowest BCUT2D eigenvalue weighted by Gasteiger charge is -2.03. The average Bonchev–Trinajstić information content (AvgIpc) is 3.28. The van der Waals surface area contributed by atoms with Crippen LogP contribution in [0.15, 0.2) is 47.2 Å². The number of halogens is 1. The molecule has 3 rings (SSSR count). The van der Waals surface area contributed by atoms with Crippen LogP contribution in [0, 0.1) is 0 Å². The highest BCUT2D eigenvalue weighted by molar-refractivity contribution is 9.10. The van der Waals surface area contributed by atoms with Gasteiger partial charge in [-0.05, 0) is 40.5 Å². The second-order valence-corrected chi connectivity index (χ2v) is 6.35. The molecule has 2 heterocycles. The Kier molecular flexibility index (Phi) is 5.49. The molecule has 1 amide bonds. The number of amides is 1. The number of nitrogens with zero attached hydrogens (tertiary/aromatic N) is 3. The second kappa shape index (κ2) is 7.98. The Morgan fingerprint density at radius 3 is 3.04 bits per heavy atom. The lowest BCUT2D eigenvalue weighted by Crippen LogP contribution is -2.25. The molecule has 0 saturated heterocycles. The van der Waals surface area contributed by atoms with Gasteiger partial charge in [0.25, 0.3) is 5.91 Å². The zero-order valence-electron chi connectivity index (χ0n) is 13.7. The summed E-state index contributed by atoms with van der Waals surface area (Å²) in [6.45, 7) is 1.30. The van der Waals surface area contributed by atoms with Crippen molar-refractivity contribution in [2.45, 2.75) is 13.0 Å². The number of aryl methyl sites for hydroxylation is 1. The minimum Gasteiger partial charge on any atom is -0.497 e. The molecule has 0 bridgehead atoms. The Morgan fingerprint density at radius 2 is 2.28 bits per heavy atom. The first-order valence-corrected chi connectivity index (χ1v) is 8.61. The van der Waals surface area contributed by atoms with Crippen LogP contribution in [-0.2, 0) is 6.54 Å². The molecule has 1 aromatic carbocycles. The molecule has 0 fully saturated rings. The van der Waals surface area contributed by atoms with E-state index in [0.29, 0.717) is 17.9 Å². The van der Waals surface area contributed by atoms with Gasteiger partial charge in [0.05, 0.1) is 23.5 Å². The first-order chi connectivity index (χ1) is 12.2. The van der Waals surface area contributed by atoms with Crippen LogP contribution in [0.1, 0.15) is 16.9 Å². The molecule has 25 heavy (non-hydrogen) atoms. The minimum atomic E-state index is -0.178. The van der Waals surface area contributed by atoms with Gasteiger partial charge in [-0.25, -0.2) is 0 Å². The van der Waals surface area contributed by atoms with E-state index >= 15 is 0 Å². The summed E-state index contributed by atoms with van der Waals surface area (Å²) in [6.07, 6.45) is 4.43. The zero-order valence-corrected chi connectivity index (χ0v) is 15.3. The van der Waals surface area contributed by atoms with Crippen molar-refractivity contribution in [2.24, 2.45) is 0 Å². The number of hydrogen-bond acceptors (Lipinski definition) is 4. The van der Waals surface area contributed by atoms with Gasteiger partial charge in [-0.1, -0.05) is 12.1 Å². The van der Waals surface area contributed by atoms with Crippen molar-refractivity contribution >= 4 is 21.8 Å². The van der Waals surface area contributed by atoms with Crippen molar-refractivity contribution in [1.29, 1.82) is 0 Å². The third kappa shape index (κ3) is 4.48. The van der Waals surface area contributed by atoms with Gasteiger partial charge in [0.2, 0.25) is 0 Å². The van der Waals surface area contributed by atoms with Gasteiger partial charge >= 0.3 is 0 Å². The number of ether oxygens (including phenoxy) is 1. The molecule has 8 heteroatoms. The smallest absolute Gasteiger partial charge is 0.269 e. The van der Waals surface area contributed by atoms with Crippen molar-refractivity contribution in [3.8, 4) is 17.0 Å². The number of carbonyl (C=O) groups excluding carboxylic acids is 1. The number of benzene rings is 1. The van der Waals surface area contributed by atoms with Crippen LogP contribution in [0.25, 0.3) is 11.3 Å². The molecular weight excluding hydrogens is 386 g/mol. The molecule has 0 spiro atoms. The van der Waals surface area contributed by atoms with Crippen molar-refractivity contribution < 1.29 is 9.53 Å². The molecule has 0 aliphatic heterocycles. The molecule has 2 aromatic heterocycles. The van der Waals surface area contributed by atoms with Crippen molar-refractivity contribution in [1.82, 2.24) is 25.3 Å². The maximum Gasteiger partial charge on any atom is 0.269 e. The van der Waals surface area contributed by atoms with E-state index in [2.05, 4.69) is 36.5 Å². The monoisotopic (exact) mass is 403 g/mol. The summed E-state index contributed by atoms with van der Waals surface area (Å²) in [4.78, 5) is 12.2. The highest BCUT2D eigenvalue weighted by atomic mass is 79.9. The highest BCUT2D eigenvalue weighted by Gasteiger charge is 2.11. The van der Waals surface area contributed by atoms with Crippen LogP contribution < -0.4 is 10.1 Å². The van der Waals surface area contributed by atoms with Crippen molar-refractivity contribution in [3.63, 3.8) is 0 Å². The largest absolute Gasteiger partial charge is 0.497 e. The summed E-state index contributed by atoms with van der Waals surface area (Å²) in [6, 6.07) is 9.27. The van der Waals surface area contributed by atoms with E-state index in [0.717, 1.165) is 28.8 Å². The number of H-pyrrole nitrogens is 1.